The van der Waals surface area contributed by atoms with Crippen LogP contribution in [0.4, 0.5) is 0 Å². The van der Waals surface area contributed by atoms with Gasteiger partial charge in [-0.25, -0.2) is 0 Å². The Bertz CT molecular complexity index is 795. The van der Waals surface area contributed by atoms with Crippen LogP contribution in [0.5, 0.6) is 5.75 Å². The number of aromatic nitrogens is 2. The van der Waals surface area contributed by atoms with E-state index in [1.54, 1.807) is 0 Å². The summed E-state index contributed by atoms with van der Waals surface area (Å²) in [6, 6.07) is 7.66. The quantitative estimate of drug-likeness (QED) is 0.849. The summed E-state index contributed by atoms with van der Waals surface area (Å²) in [5, 5.41) is 4.90. The van der Waals surface area contributed by atoms with Gasteiger partial charge in [0.05, 0.1) is 18.3 Å². The van der Waals surface area contributed by atoms with Gasteiger partial charge in [-0.15, -0.1) is 0 Å². The number of rotatable bonds is 3. The average molecular weight is 353 g/mol. The highest BCUT2D eigenvalue weighted by atomic mass is 16.5. The molecule has 26 heavy (non-hydrogen) atoms. The molecule has 4 heterocycles. The summed E-state index contributed by atoms with van der Waals surface area (Å²) >= 11 is 0. The van der Waals surface area contributed by atoms with Gasteiger partial charge in [0.15, 0.2) is 0 Å². The van der Waals surface area contributed by atoms with Crippen LogP contribution in [0.15, 0.2) is 24.4 Å². The molecule has 0 spiro atoms. The maximum Gasteiger partial charge on any atom is 0.122 e. The third-order valence-electron chi connectivity index (χ3n) is 6.22. The van der Waals surface area contributed by atoms with Crippen LogP contribution in [0.3, 0.4) is 0 Å². The normalized spacial score (nSPS) is 21.9. The lowest BCUT2D eigenvalue weighted by atomic mass is 10.0. The highest BCUT2D eigenvalue weighted by Gasteiger charge is 2.26. The molecule has 3 aliphatic rings. The predicted molar refractivity (Wildman–Crippen MR) is 99.5 cm³/mol. The van der Waals surface area contributed by atoms with E-state index in [-0.39, 0.29) is 0 Å². The lowest BCUT2D eigenvalue weighted by molar-refractivity contribution is 0.0661. The number of fused-ring (bicyclic) bond motifs is 2. The van der Waals surface area contributed by atoms with E-state index in [2.05, 4.69) is 40.9 Å². The van der Waals surface area contributed by atoms with Crippen LogP contribution < -0.4 is 4.74 Å². The molecule has 0 saturated carbocycles. The van der Waals surface area contributed by atoms with Crippen molar-refractivity contribution in [1.82, 2.24) is 14.7 Å². The Morgan fingerprint density at radius 2 is 2.00 bits per heavy atom. The number of benzene rings is 1. The second kappa shape index (κ2) is 6.71. The molecule has 1 aromatic heterocycles. The van der Waals surface area contributed by atoms with Gasteiger partial charge in [0, 0.05) is 56.9 Å². The fourth-order valence-corrected chi connectivity index (χ4v) is 4.48. The van der Waals surface area contributed by atoms with Crippen LogP contribution in [-0.4, -0.2) is 41.0 Å². The molecule has 138 valence electrons. The van der Waals surface area contributed by atoms with Crippen molar-refractivity contribution in [3.63, 3.8) is 0 Å². The Balaban J connectivity index is 1.32. The predicted octanol–water partition coefficient (Wildman–Crippen LogP) is 3.29. The molecular formula is C21H27N3O2. The molecule has 0 N–H and O–H groups in total. The number of ether oxygens (including phenoxy) is 2. The van der Waals surface area contributed by atoms with Crippen LogP contribution >= 0.6 is 0 Å². The van der Waals surface area contributed by atoms with Gasteiger partial charge >= 0.3 is 0 Å². The van der Waals surface area contributed by atoms with E-state index in [1.165, 1.54) is 22.4 Å². The molecule has 5 heteroatoms. The summed E-state index contributed by atoms with van der Waals surface area (Å²) in [5.41, 5.74) is 5.38. The molecule has 1 unspecified atom stereocenters. The first kappa shape index (κ1) is 16.3. The SMILES string of the molecule is CC(c1ccc2c(c1)OCC2)N1CCc2nn(C3CCOCC3)cc2C1. The van der Waals surface area contributed by atoms with E-state index in [0.717, 1.165) is 64.3 Å². The van der Waals surface area contributed by atoms with Gasteiger partial charge in [-0.3, -0.25) is 9.58 Å². The van der Waals surface area contributed by atoms with E-state index in [1.807, 2.05) is 0 Å². The summed E-state index contributed by atoms with van der Waals surface area (Å²) in [7, 11) is 0. The van der Waals surface area contributed by atoms with Crippen LogP contribution in [0.25, 0.3) is 0 Å². The zero-order chi connectivity index (χ0) is 17.5. The van der Waals surface area contributed by atoms with Crippen LogP contribution in [-0.2, 0) is 24.1 Å². The van der Waals surface area contributed by atoms with Gasteiger partial charge in [-0.2, -0.15) is 5.10 Å². The molecule has 1 atom stereocenters. The minimum absolute atomic E-state index is 0.393. The van der Waals surface area contributed by atoms with E-state index in [0.29, 0.717) is 12.1 Å². The highest BCUT2D eigenvalue weighted by Crippen LogP contribution is 2.33. The second-order valence-electron chi connectivity index (χ2n) is 7.79. The third-order valence-corrected chi connectivity index (χ3v) is 6.22. The van der Waals surface area contributed by atoms with E-state index >= 15 is 0 Å². The smallest absolute Gasteiger partial charge is 0.122 e. The van der Waals surface area contributed by atoms with Gasteiger partial charge in [0.2, 0.25) is 0 Å². The van der Waals surface area contributed by atoms with Gasteiger partial charge in [-0.1, -0.05) is 12.1 Å². The van der Waals surface area contributed by atoms with Gasteiger partial charge in [0.1, 0.15) is 5.75 Å². The fourth-order valence-electron chi connectivity index (χ4n) is 4.48. The van der Waals surface area contributed by atoms with Crippen LogP contribution in [0, 0.1) is 0 Å². The van der Waals surface area contributed by atoms with Crippen molar-refractivity contribution in [2.45, 2.75) is 51.2 Å². The summed E-state index contributed by atoms with van der Waals surface area (Å²) in [6.07, 6.45) is 6.53. The topological polar surface area (TPSA) is 39.5 Å². The molecule has 0 amide bonds. The Kier molecular flexibility index (Phi) is 4.21. The number of hydrogen-bond donors (Lipinski definition) is 0. The summed E-state index contributed by atoms with van der Waals surface area (Å²) in [4.78, 5) is 2.56. The first-order chi connectivity index (χ1) is 12.8. The average Bonchev–Trinajstić information content (AvgIpc) is 3.33. The van der Waals surface area contributed by atoms with Crippen LogP contribution in [0.1, 0.15) is 54.2 Å². The second-order valence-corrected chi connectivity index (χ2v) is 7.79. The lowest BCUT2D eigenvalue weighted by Gasteiger charge is -2.32. The molecule has 3 aliphatic heterocycles. The van der Waals surface area contributed by atoms with Crippen LogP contribution in [0.2, 0.25) is 0 Å². The Morgan fingerprint density at radius 1 is 1.12 bits per heavy atom. The zero-order valence-electron chi connectivity index (χ0n) is 15.5. The van der Waals surface area contributed by atoms with Gasteiger partial charge in [0.25, 0.3) is 0 Å². The standard InChI is InChI=1S/C21H27N3O2/c1-15(17-3-2-16-5-11-26-21(16)12-17)23-8-4-20-18(13-23)14-24(22-20)19-6-9-25-10-7-19/h2-3,12,14-15,19H,4-11,13H2,1H3. The summed E-state index contributed by atoms with van der Waals surface area (Å²) < 4.78 is 13.5. The van der Waals surface area contributed by atoms with Crippen molar-refractivity contribution < 1.29 is 9.47 Å². The molecule has 1 fully saturated rings. The Morgan fingerprint density at radius 3 is 2.88 bits per heavy atom. The van der Waals surface area contributed by atoms with Gasteiger partial charge < -0.3 is 9.47 Å². The fraction of sp³-hybridized carbons (Fsp3) is 0.571. The minimum Gasteiger partial charge on any atom is -0.493 e. The third kappa shape index (κ3) is 2.93. The lowest BCUT2D eigenvalue weighted by Crippen LogP contribution is -2.32. The molecule has 0 radical (unpaired) electrons. The van der Waals surface area contributed by atoms with Crippen molar-refractivity contribution in [2.24, 2.45) is 0 Å². The van der Waals surface area contributed by atoms with E-state index in [4.69, 9.17) is 14.6 Å². The van der Waals surface area contributed by atoms with E-state index in [9.17, 15) is 0 Å². The summed E-state index contributed by atoms with van der Waals surface area (Å²) in [5.74, 6) is 1.08. The van der Waals surface area contributed by atoms with Crippen molar-refractivity contribution in [1.29, 1.82) is 0 Å². The maximum absolute atomic E-state index is 5.76. The zero-order valence-corrected chi connectivity index (χ0v) is 15.5. The van der Waals surface area contributed by atoms with E-state index < -0.39 is 0 Å². The van der Waals surface area contributed by atoms with Crippen molar-refractivity contribution in [3.05, 3.63) is 46.8 Å². The highest BCUT2D eigenvalue weighted by molar-refractivity contribution is 5.41. The largest absolute Gasteiger partial charge is 0.493 e. The summed E-state index contributed by atoms with van der Waals surface area (Å²) in [6.45, 7) is 6.91. The van der Waals surface area contributed by atoms with Crippen molar-refractivity contribution in [2.75, 3.05) is 26.4 Å². The number of nitrogens with zero attached hydrogens (tertiary/aromatic N) is 3. The van der Waals surface area contributed by atoms with Crippen molar-refractivity contribution >= 4 is 0 Å². The molecular weight excluding hydrogens is 326 g/mol. The minimum atomic E-state index is 0.393. The molecule has 0 aliphatic carbocycles. The Labute approximate surface area is 154 Å². The molecule has 2 aromatic rings. The monoisotopic (exact) mass is 353 g/mol. The molecule has 5 nitrogen and oxygen atoms in total. The first-order valence-corrected chi connectivity index (χ1v) is 9.92. The number of hydrogen-bond acceptors (Lipinski definition) is 4. The molecule has 0 bridgehead atoms. The van der Waals surface area contributed by atoms with Crippen molar-refractivity contribution in [3.8, 4) is 5.75 Å². The van der Waals surface area contributed by atoms with Gasteiger partial charge in [-0.05, 0) is 37.0 Å². The Hall–Kier alpha value is -1.85. The molecule has 1 aromatic carbocycles. The first-order valence-electron chi connectivity index (χ1n) is 9.92. The maximum atomic E-state index is 5.76. The molecule has 1 saturated heterocycles. The molecule has 5 rings (SSSR count).